The fourth-order valence-electron chi connectivity index (χ4n) is 4.00. The number of aromatic nitrogens is 3. The van der Waals surface area contributed by atoms with Gasteiger partial charge in [-0.15, -0.1) is 0 Å². The van der Waals surface area contributed by atoms with Crippen molar-refractivity contribution in [3.8, 4) is 17.2 Å². The van der Waals surface area contributed by atoms with Crippen LogP contribution in [0.5, 0.6) is 17.2 Å². The van der Waals surface area contributed by atoms with Gasteiger partial charge in [-0.05, 0) is 36.4 Å². The normalized spacial score (nSPS) is 11.2. The van der Waals surface area contributed by atoms with E-state index in [0.29, 0.717) is 50.7 Å². The van der Waals surface area contributed by atoms with Gasteiger partial charge in [0.25, 0.3) is 5.91 Å². The number of benzene rings is 3. The number of nitrogens with one attached hydrogen (secondary N) is 1. The highest BCUT2D eigenvalue weighted by molar-refractivity contribution is 6.16. The van der Waals surface area contributed by atoms with E-state index in [9.17, 15) is 4.79 Å². The van der Waals surface area contributed by atoms with Crippen molar-refractivity contribution in [1.82, 2.24) is 14.6 Å². The first kappa shape index (κ1) is 23.6. The lowest BCUT2D eigenvalue weighted by Gasteiger charge is -2.12. The molecule has 0 bridgehead atoms. The maximum atomic E-state index is 13.3. The summed E-state index contributed by atoms with van der Waals surface area (Å²) in [5.74, 6) is 1.09. The van der Waals surface area contributed by atoms with E-state index in [4.69, 9.17) is 29.9 Å². The van der Waals surface area contributed by atoms with Gasteiger partial charge in [0.1, 0.15) is 16.9 Å². The zero-order valence-corrected chi connectivity index (χ0v) is 20.4. The van der Waals surface area contributed by atoms with Crippen LogP contribution in [-0.2, 0) is 0 Å². The first-order valence-corrected chi connectivity index (χ1v) is 11.3. The molecule has 0 saturated heterocycles. The van der Waals surface area contributed by atoms with Crippen molar-refractivity contribution in [2.45, 2.75) is 0 Å². The van der Waals surface area contributed by atoms with Gasteiger partial charge in [0.15, 0.2) is 17.1 Å². The molecule has 2 heterocycles. The minimum atomic E-state index is -0.417. The smallest absolute Gasteiger partial charge is 0.261 e. The maximum Gasteiger partial charge on any atom is 0.261 e. The van der Waals surface area contributed by atoms with E-state index in [0.717, 1.165) is 0 Å². The topological polar surface area (TPSA) is 126 Å². The third-order valence-corrected chi connectivity index (χ3v) is 5.74. The molecule has 186 valence electrons. The van der Waals surface area contributed by atoms with E-state index in [2.05, 4.69) is 10.4 Å². The second-order valence-corrected chi connectivity index (χ2v) is 7.98. The third-order valence-electron chi connectivity index (χ3n) is 5.74. The van der Waals surface area contributed by atoms with Crippen LogP contribution in [0.15, 0.2) is 71.8 Å². The Morgan fingerprint density at radius 1 is 0.919 bits per heavy atom. The molecule has 3 N–H and O–H groups in total. The third kappa shape index (κ3) is 4.36. The molecule has 2 aromatic heterocycles. The van der Waals surface area contributed by atoms with Crippen LogP contribution in [0.4, 0.5) is 11.5 Å². The Bertz CT molecular complexity index is 1620. The molecule has 10 heteroatoms. The Labute approximate surface area is 212 Å². The van der Waals surface area contributed by atoms with Gasteiger partial charge in [0, 0.05) is 11.3 Å². The summed E-state index contributed by atoms with van der Waals surface area (Å²) in [4.78, 5) is 22.8. The first-order valence-electron chi connectivity index (χ1n) is 11.3. The lowest BCUT2D eigenvalue weighted by molar-refractivity contribution is 0.102. The number of rotatable bonds is 7. The molecule has 0 aliphatic rings. The number of hydrogen-bond donors (Lipinski definition) is 2. The highest BCUT2D eigenvalue weighted by Crippen LogP contribution is 2.38. The number of methoxy groups -OCH3 is 3. The van der Waals surface area contributed by atoms with Crippen LogP contribution in [0.3, 0.4) is 0 Å². The minimum Gasteiger partial charge on any atom is -0.493 e. The Kier molecular flexibility index (Phi) is 6.29. The SMILES string of the molecule is COc1cc(C=Nn2c(N)c(C(=O)Nc3ccccc3)c3nc4ccccc4nc32)cc(OC)c1OC. The molecule has 0 spiro atoms. The van der Waals surface area contributed by atoms with Gasteiger partial charge in [-0.3, -0.25) is 4.79 Å². The van der Waals surface area contributed by atoms with Crippen LogP contribution in [0.2, 0.25) is 0 Å². The number of carbonyl (C=O) groups excluding carboxylic acids is 1. The highest BCUT2D eigenvalue weighted by atomic mass is 16.5. The number of nitrogens with two attached hydrogens (primary N) is 1. The number of hydrogen-bond acceptors (Lipinski definition) is 8. The molecular formula is C27H24N6O4. The van der Waals surface area contributed by atoms with Crippen LogP contribution in [0.25, 0.3) is 22.2 Å². The summed E-state index contributed by atoms with van der Waals surface area (Å²) in [6, 6.07) is 20.0. The standard InChI is InChI=1S/C27H24N6O4/c1-35-20-13-16(14-21(36-2)24(20)37-3)15-29-33-25(28)22(27(34)30-17-9-5-4-6-10-17)23-26(33)32-19-12-8-7-11-18(19)31-23/h4-15H,28H2,1-3H3,(H,30,34). The van der Waals surface area contributed by atoms with Gasteiger partial charge in [0.2, 0.25) is 5.75 Å². The fourth-order valence-corrected chi connectivity index (χ4v) is 4.00. The van der Waals surface area contributed by atoms with E-state index >= 15 is 0 Å². The number of fused-ring (bicyclic) bond motifs is 2. The van der Waals surface area contributed by atoms with Crippen molar-refractivity contribution in [3.05, 3.63) is 77.9 Å². The van der Waals surface area contributed by atoms with Crippen molar-refractivity contribution >= 4 is 45.8 Å². The van der Waals surface area contributed by atoms with Gasteiger partial charge in [0.05, 0.1) is 38.6 Å². The summed E-state index contributed by atoms with van der Waals surface area (Å²) in [6.45, 7) is 0. The van der Waals surface area contributed by atoms with E-state index < -0.39 is 5.91 Å². The number of amides is 1. The molecule has 0 aliphatic carbocycles. The number of ether oxygens (including phenoxy) is 3. The van der Waals surface area contributed by atoms with Crippen LogP contribution in [0.1, 0.15) is 15.9 Å². The van der Waals surface area contributed by atoms with Crippen molar-refractivity contribution < 1.29 is 19.0 Å². The summed E-state index contributed by atoms with van der Waals surface area (Å²) in [5.41, 5.74) is 9.92. The summed E-state index contributed by atoms with van der Waals surface area (Å²) < 4.78 is 17.7. The highest BCUT2D eigenvalue weighted by Gasteiger charge is 2.24. The van der Waals surface area contributed by atoms with Crippen LogP contribution >= 0.6 is 0 Å². The monoisotopic (exact) mass is 496 g/mol. The summed E-state index contributed by atoms with van der Waals surface area (Å²) >= 11 is 0. The van der Waals surface area contributed by atoms with E-state index in [1.54, 1.807) is 30.5 Å². The Morgan fingerprint density at radius 2 is 1.54 bits per heavy atom. The molecule has 1 amide bonds. The number of carbonyl (C=O) groups is 1. The second kappa shape index (κ2) is 9.86. The number of nitrogen functional groups attached to an aromatic ring is 1. The van der Waals surface area contributed by atoms with Crippen LogP contribution < -0.4 is 25.3 Å². The van der Waals surface area contributed by atoms with Crippen molar-refractivity contribution in [2.75, 3.05) is 32.4 Å². The zero-order chi connectivity index (χ0) is 25.9. The first-order chi connectivity index (χ1) is 18.0. The Balaban J connectivity index is 1.66. The molecule has 0 atom stereocenters. The average molecular weight is 497 g/mol. The van der Waals surface area contributed by atoms with Gasteiger partial charge in [-0.1, -0.05) is 30.3 Å². The number of nitrogens with zero attached hydrogens (tertiary/aromatic N) is 4. The van der Waals surface area contributed by atoms with E-state index in [-0.39, 0.29) is 11.4 Å². The fraction of sp³-hybridized carbons (Fsp3) is 0.111. The molecular weight excluding hydrogens is 472 g/mol. The van der Waals surface area contributed by atoms with E-state index in [1.165, 1.54) is 26.0 Å². The molecule has 0 radical (unpaired) electrons. The molecule has 0 aliphatic heterocycles. The second-order valence-electron chi connectivity index (χ2n) is 7.98. The molecule has 0 fully saturated rings. The van der Waals surface area contributed by atoms with Crippen LogP contribution in [-0.4, -0.2) is 48.1 Å². The Hall–Kier alpha value is -5.12. The quantitative estimate of drug-likeness (QED) is 0.321. The lowest BCUT2D eigenvalue weighted by atomic mass is 10.2. The molecule has 10 nitrogen and oxygen atoms in total. The molecule has 37 heavy (non-hydrogen) atoms. The predicted octanol–water partition coefficient (Wildman–Crippen LogP) is 4.33. The van der Waals surface area contributed by atoms with Gasteiger partial charge < -0.3 is 25.3 Å². The van der Waals surface area contributed by atoms with Gasteiger partial charge >= 0.3 is 0 Å². The maximum absolute atomic E-state index is 13.3. The Morgan fingerprint density at radius 3 is 2.16 bits per heavy atom. The number of para-hydroxylation sites is 3. The molecule has 5 rings (SSSR count). The molecule has 0 unspecified atom stereocenters. The van der Waals surface area contributed by atoms with Crippen molar-refractivity contribution in [2.24, 2.45) is 5.10 Å². The van der Waals surface area contributed by atoms with Crippen molar-refractivity contribution in [1.29, 1.82) is 0 Å². The lowest BCUT2D eigenvalue weighted by Crippen LogP contribution is -2.14. The van der Waals surface area contributed by atoms with Gasteiger partial charge in [-0.2, -0.15) is 9.78 Å². The molecule has 0 saturated carbocycles. The minimum absolute atomic E-state index is 0.0995. The van der Waals surface area contributed by atoms with Crippen LogP contribution in [0, 0.1) is 0 Å². The van der Waals surface area contributed by atoms with E-state index in [1.807, 2.05) is 42.5 Å². The average Bonchev–Trinajstić information content (AvgIpc) is 3.20. The summed E-state index contributed by atoms with van der Waals surface area (Å²) in [6.07, 6.45) is 1.57. The largest absolute Gasteiger partial charge is 0.493 e. The summed E-state index contributed by atoms with van der Waals surface area (Å²) in [7, 11) is 4.60. The van der Waals surface area contributed by atoms with Crippen molar-refractivity contribution in [3.63, 3.8) is 0 Å². The molecule has 3 aromatic carbocycles. The summed E-state index contributed by atoms with van der Waals surface area (Å²) in [5, 5.41) is 7.43. The van der Waals surface area contributed by atoms with Gasteiger partial charge in [-0.25, -0.2) is 9.97 Å². The number of anilines is 2. The zero-order valence-electron chi connectivity index (χ0n) is 20.4. The molecule has 5 aromatic rings. The predicted molar refractivity (Wildman–Crippen MR) is 143 cm³/mol.